The summed E-state index contributed by atoms with van der Waals surface area (Å²) >= 11 is 0. The van der Waals surface area contributed by atoms with E-state index in [1.54, 1.807) is 30.7 Å². The summed E-state index contributed by atoms with van der Waals surface area (Å²) in [6.07, 6.45) is 5.20. The summed E-state index contributed by atoms with van der Waals surface area (Å²) < 4.78 is 22.8. The first-order valence-corrected chi connectivity index (χ1v) is 9.84. The van der Waals surface area contributed by atoms with Crippen LogP contribution in [-0.4, -0.2) is 20.3 Å². The molecule has 0 saturated heterocycles. The van der Waals surface area contributed by atoms with E-state index in [4.69, 9.17) is 4.42 Å². The van der Waals surface area contributed by atoms with Crippen LogP contribution in [0.4, 0.5) is 10.1 Å². The number of carbonyl (C=O) groups is 1. The highest BCUT2D eigenvalue weighted by atomic mass is 19.1. The van der Waals surface area contributed by atoms with E-state index < -0.39 is 0 Å². The molecular weight excluding hydrogens is 395 g/mol. The minimum atomic E-state index is -0.312. The van der Waals surface area contributed by atoms with Crippen molar-refractivity contribution >= 4 is 22.7 Å². The smallest absolute Gasteiger partial charge is 0.272 e. The van der Waals surface area contributed by atoms with Crippen LogP contribution in [0, 0.1) is 5.82 Å². The van der Waals surface area contributed by atoms with E-state index in [2.05, 4.69) is 10.4 Å². The van der Waals surface area contributed by atoms with Crippen LogP contribution >= 0.6 is 0 Å². The molecule has 0 bridgehead atoms. The number of fused-ring (bicyclic) bond motifs is 1. The molecule has 0 atom stereocenters. The van der Waals surface area contributed by atoms with Gasteiger partial charge in [-0.3, -0.25) is 9.48 Å². The lowest BCUT2D eigenvalue weighted by atomic mass is 10.2. The van der Waals surface area contributed by atoms with Gasteiger partial charge in [0.05, 0.1) is 18.3 Å². The minimum absolute atomic E-state index is 0.265. The largest absolute Gasteiger partial charge is 0.463 e. The van der Waals surface area contributed by atoms with Gasteiger partial charge >= 0.3 is 0 Å². The topological polar surface area (TPSA) is 65.0 Å². The average Bonchev–Trinajstić information content (AvgIpc) is 3.48. The molecule has 0 aliphatic rings. The van der Waals surface area contributed by atoms with Crippen LogP contribution in [0.25, 0.3) is 11.1 Å². The van der Waals surface area contributed by atoms with Gasteiger partial charge in [0.25, 0.3) is 5.91 Å². The van der Waals surface area contributed by atoms with Gasteiger partial charge in [0.2, 0.25) is 0 Å². The highest BCUT2D eigenvalue weighted by Gasteiger charge is 2.18. The Balaban J connectivity index is 1.42. The van der Waals surface area contributed by atoms with Crippen LogP contribution in [0.15, 0.2) is 89.8 Å². The zero-order valence-electron chi connectivity index (χ0n) is 16.5. The molecule has 31 heavy (non-hydrogen) atoms. The molecule has 0 spiro atoms. The second-order valence-electron chi connectivity index (χ2n) is 7.27. The van der Waals surface area contributed by atoms with Crippen LogP contribution in [0.3, 0.4) is 0 Å². The minimum Gasteiger partial charge on any atom is -0.463 e. The van der Waals surface area contributed by atoms with Crippen LogP contribution in [0.1, 0.15) is 21.6 Å². The number of halogens is 1. The molecule has 0 fully saturated rings. The zero-order chi connectivity index (χ0) is 21.2. The number of furan rings is 1. The lowest BCUT2D eigenvalue weighted by Gasteiger charge is -2.12. The molecule has 0 saturated carbocycles. The van der Waals surface area contributed by atoms with Gasteiger partial charge < -0.3 is 14.3 Å². The fourth-order valence-electron chi connectivity index (χ4n) is 3.68. The molecule has 3 heterocycles. The molecule has 0 unspecified atom stereocenters. The molecule has 5 rings (SSSR count). The van der Waals surface area contributed by atoms with E-state index >= 15 is 0 Å². The number of benzene rings is 2. The van der Waals surface area contributed by atoms with Crippen molar-refractivity contribution in [1.82, 2.24) is 14.3 Å². The maximum atomic E-state index is 13.7. The van der Waals surface area contributed by atoms with Crippen molar-refractivity contribution in [3.63, 3.8) is 0 Å². The Hall–Kier alpha value is -4.13. The Morgan fingerprint density at radius 1 is 1.00 bits per heavy atom. The molecule has 5 aromatic rings. The number of hydrogen-bond acceptors (Lipinski definition) is 3. The molecular formula is C24H19FN4O2. The quantitative estimate of drug-likeness (QED) is 0.429. The molecule has 1 amide bonds. The highest BCUT2D eigenvalue weighted by Crippen LogP contribution is 2.24. The summed E-state index contributed by atoms with van der Waals surface area (Å²) in [5.74, 6) is -0.577. The third kappa shape index (κ3) is 3.98. The van der Waals surface area contributed by atoms with Crippen LogP contribution in [0.2, 0.25) is 0 Å². The van der Waals surface area contributed by atoms with Crippen molar-refractivity contribution in [2.24, 2.45) is 0 Å². The Labute approximate surface area is 177 Å². The summed E-state index contributed by atoms with van der Waals surface area (Å²) in [6, 6.07) is 19.4. The predicted octanol–water partition coefficient (Wildman–Crippen LogP) is 4.92. The van der Waals surface area contributed by atoms with Gasteiger partial charge in [-0.2, -0.15) is 5.10 Å². The average molecular weight is 414 g/mol. The van der Waals surface area contributed by atoms with Crippen molar-refractivity contribution in [3.8, 4) is 0 Å². The first-order chi connectivity index (χ1) is 15.2. The Morgan fingerprint density at radius 3 is 2.65 bits per heavy atom. The van der Waals surface area contributed by atoms with E-state index in [0.717, 1.165) is 16.6 Å². The van der Waals surface area contributed by atoms with Crippen LogP contribution < -0.4 is 5.32 Å². The van der Waals surface area contributed by atoms with Gasteiger partial charge in [0.15, 0.2) is 5.58 Å². The molecule has 0 aliphatic heterocycles. The van der Waals surface area contributed by atoms with Gasteiger partial charge in [-0.05, 0) is 41.5 Å². The second kappa shape index (κ2) is 7.95. The summed E-state index contributed by atoms with van der Waals surface area (Å²) in [4.78, 5) is 13.1. The Kier molecular flexibility index (Phi) is 4.84. The third-order valence-corrected chi connectivity index (χ3v) is 5.07. The molecule has 6 nitrogen and oxygen atoms in total. The summed E-state index contributed by atoms with van der Waals surface area (Å²) in [6.45, 7) is 0.961. The van der Waals surface area contributed by atoms with E-state index in [-0.39, 0.29) is 11.7 Å². The van der Waals surface area contributed by atoms with Crippen molar-refractivity contribution in [1.29, 1.82) is 0 Å². The maximum absolute atomic E-state index is 13.7. The lowest BCUT2D eigenvalue weighted by Crippen LogP contribution is -2.17. The molecule has 2 aromatic carbocycles. The lowest BCUT2D eigenvalue weighted by molar-refractivity contribution is 0.101. The number of aromatic nitrogens is 3. The van der Waals surface area contributed by atoms with Gasteiger partial charge in [0, 0.05) is 36.8 Å². The van der Waals surface area contributed by atoms with Crippen molar-refractivity contribution in [2.75, 3.05) is 5.32 Å². The Bertz CT molecular complexity index is 1350. The molecule has 0 aliphatic carbocycles. The fourth-order valence-corrected chi connectivity index (χ4v) is 3.68. The van der Waals surface area contributed by atoms with E-state index in [1.807, 2.05) is 51.8 Å². The van der Waals surface area contributed by atoms with Gasteiger partial charge in [0.1, 0.15) is 11.5 Å². The van der Waals surface area contributed by atoms with Crippen molar-refractivity contribution < 1.29 is 13.6 Å². The summed E-state index contributed by atoms with van der Waals surface area (Å²) in [7, 11) is 0. The normalized spacial score (nSPS) is 11.1. The number of carbonyl (C=O) groups excluding carboxylic acids is 1. The predicted molar refractivity (Wildman–Crippen MR) is 115 cm³/mol. The van der Waals surface area contributed by atoms with E-state index in [1.165, 1.54) is 12.1 Å². The van der Waals surface area contributed by atoms with Gasteiger partial charge in [-0.1, -0.05) is 24.3 Å². The maximum Gasteiger partial charge on any atom is 0.272 e. The number of amides is 1. The number of rotatable bonds is 6. The van der Waals surface area contributed by atoms with Gasteiger partial charge in [-0.15, -0.1) is 0 Å². The molecule has 1 N–H and O–H groups in total. The van der Waals surface area contributed by atoms with E-state index in [9.17, 15) is 9.18 Å². The van der Waals surface area contributed by atoms with Crippen molar-refractivity contribution in [3.05, 3.63) is 108 Å². The van der Waals surface area contributed by atoms with Crippen LogP contribution in [0.5, 0.6) is 0 Å². The van der Waals surface area contributed by atoms with Crippen LogP contribution in [-0.2, 0) is 13.1 Å². The first kappa shape index (κ1) is 18.9. The summed E-state index contributed by atoms with van der Waals surface area (Å²) in [5.41, 5.74) is 4.29. The number of nitrogens with zero attached hydrogens (tertiary/aromatic N) is 3. The number of hydrogen-bond donors (Lipinski definition) is 1. The molecule has 0 radical (unpaired) electrons. The molecule has 3 aromatic heterocycles. The third-order valence-electron chi connectivity index (χ3n) is 5.07. The first-order valence-electron chi connectivity index (χ1n) is 9.84. The zero-order valence-corrected chi connectivity index (χ0v) is 16.5. The van der Waals surface area contributed by atoms with Gasteiger partial charge in [-0.25, -0.2) is 4.39 Å². The SMILES string of the molecule is O=C(Nc1cccc(Cn2cccn2)c1)c1cc2occc2n1Cc1cccc(F)c1. The summed E-state index contributed by atoms with van der Waals surface area (Å²) in [5, 5.41) is 7.18. The standard InChI is InChI=1S/C24H19FN4O2/c25-19-6-1-4-17(12-19)16-29-21-8-11-31-23(21)14-22(29)24(30)27-20-7-2-5-18(13-20)15-28-10-3-9-26-28/h1-14H,15-16H2,(H,27,30). The Morgan fingerprint density at radius 2 is 1.84 bits per heavy atom. The van der Waals surface area contributed by atoms with E-state index in [0.29, 0.717) is 30.1 Å². The molecule has 7 heteroatoms. The second-order valence-corrected chi connectivity index (χ2v) is 7.27. The fraction of sp³-hybridized carbons (Fsp3) is 0.0833. The number of anilines is 1. The number of nitrogens with one attached hydrogen (secondary N) is 1. The van der Waals surface area contributed by atoms with Crippen molar-refractivity contribution in [2.45, 2.75) is 13.1 Å². The molecule has 154 valence electrons. The monoisotopic (exact) mass is 414 g/mol. The highest BCUT2D eigenvalue weighted by molar-refractivity contribution is 6.05.